The van der Waals surface area contributed by atoms with E-state index in [1.54, 1.807) is 40.9 Å². The minimum Gasteiger partial charge on any atom is -0.496 e. The lowest BCUT2D eigenvalue weighted by Gasteiger charge is -2.40. The Kier molecular flexibility index (Phi) is 10.6. The minimum absolute atomic E-state index is 0.00133. The Labute approximate surface area is 319 Å². The molecule has 0 saturated carbocycles. The van der Waals surface area contributed by atoms with Crippen molar-refractivity contribution in [1.29, 1.82) is 0 Å². The van der Waals surface area contributed by atoms with Crippen LogP contribution in [0.1, 0.15) is 60.4 Å². The van der Waals surface area contributed by atoms with Crippen molar-refractivity contribution in [3.05, 3.63) is 93.4 Å². The number of nitrogens with zero attached hydrogens (tertiary/aromatic N) is 4. The van der Waals surface area contributed by atoms with Gasteiger partial charge >= 0.3 is 6.03 Å². The first-order valence-electron chi connectivity index (χ1n) is 18.5. The molecule has 0 bridgehead atoms. The summed E-state index contributed by atoms with van der Waals surface area (Å²) in [5.41, 5.74) is 3.78. The van der Waals surface area contributed by atoms with E-state index in [1.165, 1.54) is 12.7 Å². The summed E-state index contributed by atoms with van der Waals surface area (Å²) in [5, 5.41) is 7.25. The van der Waals surface area contributed by atoms with Crippen LogP contribution in [0.2, 0.25) is 5.02 Å². The van der Waals surface area contributed by atoms with Gasteiger partial charge in [0.2, 0.25) is 11.8 Å². The van der Waals surface area contributed by atoms with Crippen molar-refractivity contribution in [2.24, 2.45) is 7.05 Å². The molecule has 13 heteroatoms. The second-order valence-electron chi connectivity index (χ2n) is 14.5. The normalized spacial score (nSPS) is 18.4. The van der Waals surface area contributed by atoms with Crippen molar-refractivity contribution < 1.29 is 23.9 Å². The third kappa shape index (κ3) is 7.39. The molecule has 1 aromatic heterocycles. The molecule has 5 amide bonds. The van der Waals surface area contributed by atoms with E-state index >= 15 is 0 Å². The molecule has 1 unspecified atom stereocenters. The molecule has 12 nitrogen and oxygen atoms in total. The average Bonchev–Trinajstić information content (AvgIpc) is 3.19. The molecule has 54 heavy (non-hydrogen) atoms. The predicted molar refractivity (Wildman–Crippen MR) is 208 cm³/mol. The Hall–Kier alpha value is -5.36. The molecule has 3 aliphatic heterocycles. The van der Waals surface area contributed by atoms with Gasteiger partial charge in [0.15, 0.2) is 0 Å². The second-order valence-corrected chi connectivity index (χ2v) is 14.9. The van der Waals surface area contributed by atoms with E-state index in [2.05, 4.69) is 22.8 Å². The van der Waals surface area contributed by atoms with Crippen molar-refractivity contribution in [2.45, 2.75) is 56.5 Å². The first-order valence-corrected chi connectivity index (χ1v) is 18.9. The van der Waals surface area contributed by atoms with Crippen molar-refractivity contribution in [3.63, 3.8) is 0 Å². The molecule has 0 aliphatic carbocycles. The molecular formula is C41H45ClN6O6. The third-order valence-electron chi connectivity index (χ3n) is 11.2. The molecule has 0 radical (unpaired) electrons. The standard InChI is InChI=1S/C41H45ClN6O6/c1-45-24-32(30-6-4-5-7-31(30)39(45)51)27-22-33(42)37(35(23-27)54-3)40(52)47-20-16-29(17-21-47)46(2)41(53)48-18-14-26(15-19-48)25-8-10-28(11-9-25)43-34-12-13-36(49)44-38(34)50/h4-11,22-24,26,29,34,43H,12-21H2,1-3H3,(H,44,49,50). The molecule has 7 rings (SSSR count). The molecule has 3 saturated heterocycles. The van der Waals surface area contributed by atoms with Crippen LogP contribution in [0.25, 0.3) is 21.9 Å². The maximum Gasteiger partial charge on any atom is 0.319 e. The van der Waals surface area contributed by atoms with Gasteiger partial charge in [0.05, 0.1) is 12.1 Å². The van der Waals surface area contributed by atoms with Gasteiger partial charge in [-0.15, -0.1) is 0 Å². The fourth-order valence-corrected chi connectivity index (χ4v) is 8.33. The number of imide groups is 1. The quantitative estimate of drug-likeness (QED) is 0.234. The minimum atomic E-state index is -0.422. The predicted octanol–water partition coefficient (Wildman–Crippen LogP) is 5.62. The van der Waals surface area contributed by atoms with Gasteiger partial charge < -0.3 is 29.3 Å². The molecule has 1 atom stereocenters. The molecule has 282 valence electrons. The average molecular weight is 753 g/mol. The van der Waals surface area contributed by atoms with Crippen LogP contribution < -0.4 is 20.9 Å². The summed E-state index contributed by atoms with van der Waals surface area (Å²) in [6.45, 7) is 2.27. The lowest BCUT2D eigenvalue weighted by molar-refractivity contribution is -0.133. The fourth-order valence-electron chi connectivity index (χ4n) is 8.03. The summed E-state index contributed by atoms with van der Waals surface area (Å²) in [4.78, 5) is 69.3. The Bertz CT molecular complexity index is 2150. The number of halogens is 1. The van der Waals surface area contributed by atoms with Gasteiger partial charge in [-0.05, 0) is 84.9 Å². The summed E-state index contributed by atoms with van der Waals surface area (Å²) in [6, 6.07) is 18.6. The SMILES string of the molecule is COc1cc(-c2cn(C)c(=O)c3ccccc23)cc(Cl)c1C(=O)N1CCC(N(C)C(=O)N2CCC(c3ccc(NC4CCC(=O)NC4=O)cc3)CC2)CC1. The van der Waals surface area contributed by atoms with E-state index in [4.69, 9.17) is 16.3 Å². The first-order chi connectivity index (χ1) is 26.0. The number of likely N-dealkylation sites (tertiary alicyclic amines) is 2. The Morgan fingerprint density at radius 3 is 2.22 bits per heavy atom. The molecule has 4 heterocycles. The molecule has 3 fully saturated rings. The number of hydrogen-bond donors (Lipinski definition) is 2. The van der Waals surface area contributed by atoms with Crippen LogP contribution in [0.3, 0.4) is 0 Å². The molecule has 0 spiro atoms. The number of urea groups is 1. The Morgan fingerprint density at radius 1 is 0.889 bits per heavy atom. The number of aryl methyl sites for hydroxylation is 1. The summed E-state index contributed by atoms with van der Waals surface area (Å²) < 4.78 is 7.26. The molecule has 2 N–H and O–H groups in total. The van der Waals surface area contributed by atoms with E-state index < -0.39 is 6.04 Å². The summed E-state index contributed by atoms with van der Waals surface area (Å²) in [6.07, 6.45) is 5.57. The smallest absolute Gasteiger partial charge is 0.319 e. The van der Waals surface area contributed by atoms with E-state index in [1.807, 2.05) is 47.2 Å². The monoisotopic (exact) mass is 752 g/mol. The molecule has 4 aromatic rings. The zero-order chi connectivity index (χ0) is 38.1. The molecular weight excluding hydrogens is 708 g/mol. The van der Waals surface area contributed by atoms with Crippen molar-refractivity contribution in [3.8, 4) is 16.9 Å². The number of fused-ring (bicyclic) bond motifs is 1. The number of carbonyl (C=O) groups excluding carboxylic acids is 4. The zero-order valence-corrected chi connectivity index (χ0v) is 31.5. The maximum atomic E-state index is 13.9. The Morgan fingerprint density at radius 2 is 1.56 bits per heavy atom. The third-order valence-corrected chi connectivity index (χ3v) is 11.5. The van der Waals surface area contributed by atoms with Crippen LogP contribution in [-0.2, 0) is 16.6 Å². The highest BCUT2D eigenvalue weighted by Crippen LogP contribution is 2.37. The van der Waals surface area contributed by atoms with Gasteiger partial charge in [-0.1, -0.05) is 41.9 Å². The van der Waals surface area contributed by atoms with Crippen molar-refractivity contribution >= 4 is 51.8 Å². The highest BCUT2D eigenvalue weighted by molar-refractivity contribution is 6.34. The second kappa shape index (κ2) is 15.5. The lowest BCUT2D eigenvalue weighted by Crippen LogP contribution is -2.52. The molecule has 3 aliphatic rings. The van der Waals surface area contributed by atoms with Crippen LogP contribution in [0.4, 0.5) is 10.5 Å². The number of benzene rings is 3. The largest absolute Gasteiger partial charge is 0.496 e. The number of amides is 5. The number of rotatable bonds is 7. The number of nitrogens with one attached hydrogen (secondary N) is 2. The topological polar surface area (TPSA) is 133 Å². The summed E-state index contributed by atoms with van der Waals surface area (Å²) in [5.74, 6) is -0.0567. The number of ether oxygens (including phenoxy) is 1. The fraction of sp³-hybridized carbons (Fsp3) is 0.390. The van der Waals surface area contributed by atoms with E-state index in [-0.39, 0.29) is 40.4 Å². The van der Waals surface area contributed by atoms with Crippen molar-refractivity contribution in [2.75, 3.05) is 45.7 Å². The summed E-state index contributed by atoms with van der Waals surface area (Å²) >= 11 is 6.83. The van der Waals surface area contributed by atoms with Crippen LogP contribution in [-0.4, -0.2) is 95.4 Å². The van der Waals surface area contributed by atoms with Gasteiger partial charge in [0.25, 0.3) is 11.5 Å². The highest BCUT2D eigenvalue weighted by Gasteiger charge is 2.33. The number of hydrogen-bond acceptors (Lipinski definition) is 7. The number of pyridine rings is 1. The van der Waals surface area contributed by atoms with E-state index in [0.717, 1.165) is 35.0 Å². The zero-order valence-electron chi connectivity index (χ0n) is 30.8. The van der Waals surface area contributed by atoms with Crippen molar-refractivity contribution in [1.82, 2.24) is 24.6 Å². The van der Waals surface area contributed by atoms with Crippen LogP contribution >= 0.6 is 11.6 Å². The van der Waals surface area contributed by atoms with Crippen LogP contribution in [0.15, 0.2) is 71.7 Å². The van der Waals surface area contributed by atoms with E-state index in [9.17, 15) is 24.0 Å². The van der Waals surface area contributed by atoms with Gasteiger partial charge in [-0.2, -0.15) is 0 Å². The number of methoxy groups -OCH3 is 1. The number of carbonyl (C=O) groups is 4. The molecule has 3 aromatic carbocycles. The van der Waals surface area contributed by atoms with Gasteiger partial charge in [0.1, 0.15) is 17.4 Å². The van der Waals surface area contributed by atoms with Gasteiger partial charge in [-0.3, -0.25) is 24.5 Å². The van der Waals surface area contributed by atoms with Crippen LogP contribution in [0, 0.1) is 0 Å². The van der Waals surface area contributed by atoms with E-state index in [0.29, 0.717) is 74.5 Å². The number of aromatic nitrogens is 1. The van der Waals surface area contributed by atoms with Crippen LogP contribution in [0.5, 0.6) is 5.75 Å². The summed E-state index contributed by atoms with van der Waals surface area (Å²) in [7, 11) is 5.08. The maximum absolute atomic E-state index is 13.9. The van der Waals surface area contributed by atoms with Gasteiger partial charge in [-0.25, -0.2) is 4.79 Å². The lowest BCUT2D eigenvalue weighted by atomic mass is 9.89. The number of anilines is 1. The van der Waals surface area contributed by atoms with Gasteiger partial charge in [0, 0.05) is 75.6 Å². The first kappa shape index (κ1) is 37.0. The number of piperidine rings is 3. The Balaban J connectivity index is 0.933. The highest BCUT2D eigenvalue weighted by atomic mass is 35.5.